The van der Waals surface area contributed by atoms with Crippen molar-refractivity contribution in [1.82, 2.24) is 14.9 Å². The number of benzene rings is 1. The Morgan fingerprint density at radius 3 is 2.78 bits per heavy atom. The Labute approximate surface area is 159 Å². The van der Waals surface area contributed by atoms with E-state index < -0.39 is 11.5 Å². The average Bonchev–Trinajstić information content (AvgIpc) is 3.06. The Bertz CT molecular complexity index is 1080. The molecule has 1 aromatic carbocycles. The second kappa shape index (κ2) is 7.71. The number of nitrogens with one attached hydrogen (secondary N) is 1. The zero-order valence-electron chi connectivity index (χ0n) is 15.0. The molecule has 27 heavy (non-hydrogen) atoms. The fourth-order valence-corrected chi connectivity index (χ4v) is 3.70. The molecule has 0 radical (unpaired) electrons. The first kappa shape index (κ1) is 18.8. The first-order chi connectivity index (χ1) is 12.9. The van der Waals surface area contributed by atoms with Crippen LogP contribution in [0.15, 0.2) is 34.4 Å². The van der Waals surface area contributed by atoms with Gasteiger partial charge in [-0.25, -0.2) is 9.78 Å². The van der Waals surface area contributed by atoms with Crippen LogP contribution in [-0.4, -0.2) is 33.1 Å². The second-order valence-corrected chi connectivity index (χ2v) is 7.04. The lowest BCUT2D eigenvalue weighted by Gasteiger charge is -2.13. The second-order valence-electron chi connectivity index (χ2n) is 6.18. The number of carbonyl (C=O) groups excluding carboxylic acids is 1. The molecule has 3 rings (SSSR count). The minimum Gasteiger partial charge on any atom is -0.478 e. The molecule has 0 aliphatic carbocycles. The van der Waals surface area contributed by atoms with Crippen molar-refractivity contribution in [3.05, 3.63) is 51.1 Å². The van der Waals surface area contributed by atoms with Crippen molar-refractivity contribution in [3.8, 4) is 11.4 Å². The number of carboxylic acid groups (broad SMARTS) is 1. The lowest BCUT2D eigenvalue weighted by Crippen LogP contribution is -2.34. The standard InChI is InChI=1S/C19H19N3O4S/c1-3-7-20-14(23)9-22-16(12-6-4-5-11(2)8-12)21-17-15(18(22)24)13(10-27-17)19(25)26/h4-6,8,10H,3,7,9H2,1-2H3,(H,20,23)(H,25,26). The van der Waals surface area contributed by atoms with Crippen molar-refractivity contribution in [2.24, 2.45) is 0 Å². The molecule has 0 aliphatic heterocycles. The number of hydrogen-bond donors (Lipinski definition) is 2. The summed E-state index contributed by atoms with van der Waals surface area (Å²) >= 11 is 1.11. The molecule has 0 fully saturated rings. The van der Waals surface area contributed by atoms with Crippen molar-refractivity contribution in [1.29, 1.82) is 0 Å². The van der Waals surface area contributed by atoms with Crippen LogP contribution in [0.1, 0.15) is 29.3 Å². The van der Waals surface area contributed by atoms with E-state index in [-0.39, 0.29) is 23.4 Å². The maximum Gasteiger partial charge on any atom is 0.337 e. The van der Waals surface area contributed by atoms with Crippen molar-refractivity contribution in [3.63, 3.8) is 0 Å². The SMILES string of the molecule is CCCNC(=O)Cn1c(-c2cccc(C)c2)nc2scc(C(=O)O)c2c1=O. The van der Waals surface area contributed by atoms with Crippen molar-refractivity contribution in [2.45, 2.75) is 26.8 Å². The fourth-order valence-electron chi connectivity index (χ4n) is 2.80. The molecule has 0 atom stereocenters. The number of thiophene rings is 1. The van der Waals surface area contributed by atoms with Crippen LogP contribution in [0.2, 0.25) is 0 Å². The summed E-state index contributed by atoms with van der Waals surface area (Å²) in [6.45, 7) is 4.14. The van der Waals surface area contributed by atoms with Crippen LogP contribution < -0.4 is 10.9 Å². The highest BCUT2D eigenvalue weighted by Gasteiger charge is 2.21. The van der Waals surface area contributed by atoms with Gasteiger partial charge < -0.3 is 10.4 Å². The van der Waals surface area contributed by atoms with E-state index in [0.717, 1.165) is 23.3 Å². The third kappa shape index (κ3) is 3.75. The third-order valence-electron chi connectivity index (χ3n) is 4.07. The van der Waals surface area contributed by atoms with E-state index in [0.29, 0.717) is 22.8 Å². The molecular weight excluding hydrogens is 366 g/mol. The van der Waals surface area contributed by atoms with E-state index in [4.69, 9.17) is 0 Å². The van der Waals surface area contributed by atoms with Gasteiger partial charge in [0.05, 0.1) is 10.9 Å². The molecule has 0 saturated carbocycles. The summed E-state index contributed by atoms with van der Waals surface area (Å²) in [6.07, 6.45) is 0.774. The first-order valence-electron chi connectivity index (χ1n) is 8.51. The summed E-state index contributed by atoms with van der Waals surface area (Å²) in [6, 6.07) is 7.46. The number of carbonyl (C=O) groups is 2. The number of rotatable bonds is 6. The number of aryl methyl sites for hydroxylation is 1. The summed E-state index contributed by atoms with van der Waals surface area (Å²) in [5.41, 5.74) is 1.07. The fraction of sp³-hybridized carbons (Fsp3) is 0.263. The molecule has 3 aromatic rings. The van der Waals surface area contributed by atoms with Crippen molar-refractivity contribution >= 4 is 33.4 Å². The Hall–Kier alpha value is -3.00. The highest BCUT2D eigenvalue weighted by molar-refractivity contribution is 7.17. The molecule has 2 aromatic heterocycles. The largest absolute Gasteiger partial charge is 0.478 e. The van der Waals surface area contributed by atoms with Crippen molar-refractivity contribution in [2.75, 3.05) is 6.54 Å². The number of fused-ring (bicyclic) bond motifs is 1. The molecule has 0 bridgehead atoms. The van der Waals surface area contributed by atoms with Crippen LogP contribution in [0, 0.1) is 6.92 Å². The van der Waals surface area contributed by atoms with Gasteiger partial charge >= 0.3 is 5.97 Å². The maximum atomic E-state index is 13.1. The summed E-state index contributed by atoms with van der Waals surface area (Å²) in [4.78, 5) is 41.7. The summed E-state index contributed by atoms with van der Waals surface area (Å²) < 4.78 is 1.25. The molecule has 1 amide bonds. The number of aromatic nitrogens is 2. The number of aromatic carboxylic acids is 1. The van der Waals surface area contributed by atoms with Crippen LogP contribution in [0.25, 0.3) is 21.6 Å². The summed E-state index contributed by atoms with van der Waals surface area (Å²) in [5.74, 6) is -1.16. The lowest BCUT2D eigenvalue weighted by atomic mass is 10.1. The zero-order chi connectivity index (χ0) is 19.6. The van der Waals surface area contributed by atoms with Gasteiger partial charge in [-0.15, -0.1) is 11.3 Å². The van der Waals surface area contributed by atoms with Crippen LogP contribution in [-0.2, 0) is 11.3 Å². The van der Waals surface area contributed by atoms with E-state index >= 15 is 0 Å². The lowest BCUT2D eigenvalue weighted by molar-refractivity contribution is -0.121. The monoisotopic (exact) mass is 385 g/mol. The van der Waals surface area contributed by atoms with Gasteiger partial charge in [0.2, 0.25) is 5.91 Å². The van der Waals surface area contributed by atoms with Gasteiger partial charge in [-0.2, -0.15) is 0 Å². The minimum atomic E-state index is -1.19. The molecule has 140 valence electrons. The summed E-state index contributed by atoms with van der Waals surface area (Å²) in [5, 5.41) is 13.5. The minimum absolute atomic E-state index is 0.0344. The number of hydrogen-bond acceptors (Lipinski definition) is 5. The van der Waals surface area contributed by atoms with E-state index in [1.165, 1.54) is 9.95 Å². The molecule has 2 N–H and O–H groups in total. The van der Waals surface area contributed by atoms with Gasteiger partial charge in [0.15, 0.2) is 0 Å². The van der Waals surface area contributed by atoms with Gasteiger partial charge in [0.1, 0.15) is 17.2 Å². The first-order valence-corrected chi connectivity index (χ1v) is 9.39. The molecule has 2 heterocycles. The van der Waals surface area contributed by atoms with Gasteiger partial charge in [0, 0.05) is 17.5 Å². The highest BCUT2D eigenvalue weighted by atomic mass is 32.1. The number of nitrogens with zero attached hydrogens (tertiary/aromatic N) is 2. The van der Waals surface area contributed by atoms with Gasteiger partial charge in [-0.3, -0.25) is 14.2 Å². The van der Waals surface area contributed by atoms with E-state index in [2.05, 4.69) is 10.3 Å². The van der Waals surface area contributed by atoms with Crippen LogP contribution in [0.5, 0.6) is 0 Å². The average molecular weight is 385 g/mol. The Kier molecular flexibility index (Phi) is 5.36. The highest BCUT2D eigenvalue weighted by Crippen LogP contribution is 2.25. The van der Waals surface area contributed by atoms with Gasteiger partial charge in [-0.1, -0.05) is 30.7 Å². The predicted molar refractivity (Wildman–Crippen MR) is 104 cm³/mol. The van der Waals surface area contributed by atoms with E-state index in [1.54, 1.807) is 0 Å². The van der Waals surface area contributed by atoms with Gasteiger partial charge in [-0.05, 0) is 19.4 Å². The van der Waals surface area contributed by atoms with Crippen molar-refractivity contribution < 1.29 is 14.7 Å². The molecule has 0 saturated heterocycles. The Morgan fingerprint density at radius 1 is 1.33 bits per heavy atom. The van der Waals surface area contributed by atoms with E-state index in [9.17, 15) is 19.5 Å². The number of carboxylic acids is 1. The Morgan fingerprint density at radius 2 is 2.11 bits per heavy atom. The normalized spacial score (nSPS) is 10.9. The molecule has 0 unspecified atom stereocenters. The molecular formula is C19H19N3O4S. The van der Waals surface area contributed by atoms with E-state index in [1.807, 2.05) is 38.1 Å². The predicted octanol–water partition coefficient (Wildman–Crippen LogP) is 2.66. The molecule has 0 spiro atoms. The molecule has 8 heteroatoms. The van der Waals surface area contributed by atoms with Crippen LogP contribution >= 0.6 is 11.3 Å². The smallest absolute Gasteiger partial charge is 0.337 e. The molecule has 7 nitrogen and oxygen atoms in total. The maximum absolute atomic E-state index is 13.1. The molecule has 0 aliphatic rings. The number of amides is 1. The summed E-state index contributed by atoms with van der Waals surface area (Å²) in [7, 11) is 0. The zero-order valence-corrected chi connectivity index (χ0v) is 15.8. The van der Waals surface area contributed by atoms with Gasteiger partial charge in [0.25, 0.3) is 5.56 Å². The third-order valence-corrected chi connectivity index (χ3v) is 4.95. The van der Waals surface area contributed by atoms with Crippen LogP contribution in [0.4, 0.5) is 0 Å². The topological polar surface area (TPSA) is 101 Å². The quantitative estimate of drug-likeness (QED) is 0.679. The Balaban J connectivity index is 2.23. The van der Waals surface area contributed by atoms with Crippen LogP contribution in [0.3, 0.4) is 0 Å².